The molecule has 0 aromatic heterocycles. The van der Waals surface area contributed by atoms with Gasteiger partial charge in [0.15, 0.2) is 0 Å². The number of hydrogen-bond acceptors (Lipinski definition) is 3. The van der Waals surface area contributed by atoms with Gasteiger partial charge in [-0.2, -0.15) is 0 Å². The second kappa shape index (κ2) is 6.73. The van der Waals surface area contributed by atoms with Gasteiger partial charge in [-0.05, 0) is 36.2 Å². The predicted octanol–water partition coefficient (Wildman–Crippen LogP) is 4.56. The standard InChI is InChI=1S/C19H21NO3/c1-3-7-17-18(14-8-5-4-6-9-14)20(19(21)23-17)15-10-12-16(22-2)13-11-15/h4-6,8-13,17-18H,3,7H2,1-2H3/t17-,18-/m0/s1. The largest absolute Gasteiger partial charge is 0.497 e. The number of nitrogens with zero attached hydrogens (tertiary/aromatic N) is 1. The summed E-state index contributed by atoms with van der Waals surface area (Å²) in [6.07, 6.45) is 1.40. The lowest BCUT2D eigenvalue weighted by molar-refractivity contribution is 0.126. The molecule has 2 aromatic carbocycles. The Morgan fingerprint density at radius 3 is 2.39 bits per heavy atom. The van der Waals surface area contributed by atoms with Crippen molar-refractivity contribution < 1.29 is 14.3 Å². The third kappa shape index (κ3) is 3.02. The Morgan fingerprint density at radius 2 is 1.78 bits per heavy atom. The van der Waals surface area contributed by atoms with Crippen LogP contribution in [0.25, 0.3) is 0 Å². The summed E-state index contributed by atoms with van der Waals surface area (Å²) in [4.78, 5) is 14.2. The van der Waals surface area contributed by atoms with Gasteiger partial charge in [-0.1, -0.05) is 43.7 Å². The molecule has 1 aliphatic heterocycles. The van der Waals surface area contributed by atoms with Crippen LogP contribution in [-0.4, -0.2) is 19.3 Å². The first kappa shape index (κ1) is 15.4. The molecule has 23 heavy (non-hydrogen) atoms. The molecule has 2 atom stereocenters. The monoisotopic (exact) mass is 311 g/mol. The molecule has 4 nitrogen and oxygen atoms in total. The van der Waals surface area contributed by atoms with Crippen LogP contribution < -0.4 is 9.64 Å². The molecule has 0 bridgehead atoms. The summed E-state index contributed by atoms with van der Waals surface area (Å²) in [5.74, 6) is 0.766. The van der Waals surface area contributed by atoms with Gasteiger partial charge in [0.2, 0.25) is 0 Å². The molecular weight excluding hydrogens is 290 g/mol. The van der Waals surface area contributed by atoms with E-state index in [9.17, 15) is 4.79 Å². The molecule has 0 saturated carbocycles. The van der Waals surface area contributed by atoms with Crippen molar-refractivity contribution in [1.29, 1.82) is 0 Å². The van der Waals surface area contributed by atoms with Crippen molar-refractivity contribution in [2.45, 2.75) is 31.9 Å². The van der Waals surface area contributed by atoms with Gasteiger partial charge >= 0.3 is 6.09 Å². The number of carbonyl (C=O) groups excluding carboxylic acids is 1. The highest BCUT2D eigenvalue weighted by atomic mass is 16.6. The van der Waals surface area contributed by atoms with Crippen molar-refractivity contribution >= 4 is 11.8 Å². The molecule has 3 rings (SSSR count). The van der Waals surface area contributed by atoms with E-state index in [0.717, 1.165) is 29.8 Å². The van der Waals surface area contributed by atoms with Crippen molar-refractivity contribution in [2.75, 3.05) is 12.0 Å². The van der Waals surface area contributed by atoms with E-state index < -0.39 is 0 Å². The number of benzene rings is 2. The fraction of sp³-hybridized carbons (Fsp3) is 0.316. The Kier molecular flexibility index (Phi) is 4.51. The van der Waals surface area contributed by atoms with E-state index in [1.165, 1.54) is 0 Å². The van der Waals surface area contributed by atoms with Gasteiger partial charge in [0.1, 0.15) is 17.9 Å². The van der Waals surface area contributed by atoms with Gasteiger partial charge in [-0.15, -0.1) is 0 Å². The van der Waals surface area contributed by atoms with E-state index in [0.29, 0.717) is 0 Å². The maximum Gasteiger partial charge on any atom is 0.415 e. The summed E-state index contributed by atoms with van der Waals surface area (Å²) in [5, 5.41) is 0. The molecule has 1 aliphatic rings. The zero-order chi connectivity index (χ0) is 16.2. The highest BCUT2D eigenvalue weighted by Crippen LogP contribution is 2.39. The third-order valence-corrected chi connectivity index (χ3v) is 4.14. The highest BCUT2D eigenvalue weighted by Gasteiger charge is 2.42. The van der Waals surface area contributed by atoms with Crippen LogP contribution in [0, 0.1) is 0 Å². The Balaban J connectivity index is 1.99. The number of rotatable bonds is 5. The van der Waals surface area contributed by atoms with Crippen molar-refractivity contribution in [2.24, 2.45) is 0 Å². The van der Waals surface area contributed by atoms with Crippen molar-refractivity contribution in [3.8, 4) is 5.75 Å². The lowest BCUT2D eigenvalue weighted by Crippen LogP contribution is -2.29. The van der Waals surface area contributed by atoms with Crippen LogP contribution in [0.5, 0.6) is 5.75 Å². The third-order valence-electron chi connectivity index (χ3n) is 4.14. The molecule has 4 heteroatoms. The summed E-state index contributed by atoms with van der Waals surface area (Å²) in [6.45, 7) is 2.10. The molecule has 0 radical (unpaired) electrons. The van der Waals surface area contributed by atoms with Gasteiger partial charge in [-0.3, -0.25) is 4.90 Å². The molecule has 120 valence electrons. The Labute approximate surface area is 136 Å². The molecule has 2 aromatic rings. The van der Waals surface area contributed by atoms with E-state index in [-0.39, 0.29) is 18.2 Å². The minimum absolute atomic E-state index is 0.1000. The van der Waals surface area contributed by atoms with Gasteiger partial charge in [0.25, 0.3) is 0 Å². The molecular formula is C19H21NO3. The van der Waals surface area contributed by atoms with Gasteiger partial charge in [-0.25, -0.2) is 4.79 Å². The second-order valence-corrected chi connectivity index (χ2v) is 5.63. The fourth-order valence-corrected chi connectivity index (χ4v) is 3.05. The number of amides is 1. The average molecular weight is 311 g/mol. The quantitative estimate of drug-likeness (QED) is 0.812. The van der Waals surface area contributed by atoms with Crippen LogP contribution in [0.4, 0.5) is 10.5 Å². The SMILES string of the molecule is CCC[C@@H]1OC(=O)N(c2ccc(OC)cc2)[C@H]1c1ccccc1. The Bertz CT molecular complexity index is 654. The molecule has 0 aliphatic carbocycles. The van der Waals surface area contributed by atoms with E-state index in [2.05, 4.69) is 6.92 Å². The molecule has 0 unspecified atom stereocenters. The van der Waals surface area contributed by atoms with Crippen LogP contribution in [0.15, 0.2) is 54.6 Å². The van der Waals surface area contributed by atoms with Gasteiger partial charge in [0.05, 0.1) is 7.11 Å². The van der Waals surface area contributed by atoms with Crippen LogP contribution in [0.1, 0.15) is 31.4 Å². The van der Waals surface area contributed by atoms with E-state index in [4.69, 9.17) is 9.47 Å². The zero-order valence-corrected chi connectivity index (χ0v) is 13.4. The minimum atomic E-state index is -0.289. The smallest absolute Gasteiger partial charge is 0.415 e. The van der Waals surface area contributed by atoms with E-state index in [1.54, 1.807) is 12.0 Å². The average Bonchev–Trinajstić information content (AvgIpc) is 2.92. The first-order chi connectivity index (χ1) is 11.2. The molecule has 0 N–H and O–H groups in total. The van der Waals surface area contributed by atoms with Gasteiger partial charge in [0, 0.05) is 5.69 Å². The highest BCUT2D eigenvalue weighted by molar-refractivity contribution is 5.91. The topological polar surface area (TPSA) is 38.8 Å². The first-order valence-electron chi connectivity index (χ1n) is 7.93. The van der Waals surface area contributed by atoms with Crippen LogP contribution in [0.2, 0.25) is 0 Å². The van der Waals surface area contributed by atoms with Crippen LogP contribution in [-0.2, 0) is 4.74 Å². The van der Waals surface area contributed by atoms with Crippen molar-refractivity contribution in [1.82, 2.24) is 0 Å². The number of hydrogen-bond donors (Lipinski definition) is 0. The number of carbonyl (C=O) groups is 1. The number of ether oxygens (including phenoxy) is 2. The minimum Gasteiger partial charge on any atom is -0.497 e. The summed E-state index contributed by atoms with van der Waals surface area (Å²) in [7, 11) is 1.63. The molecule has 1 amide bonds. The predicted molar refractivity (Wildman–Crippen MR) is 89.8 cm³/mol. The summed E-state index contributed by atoms with van der Waals surface area (Å²) < 4.78 is 10.8. The van der Waals surface area contributed by atoms with E-state index in [1.807, 2.05) is 54.6 Å². The maximum absolute atomic E-state index is 12.5. The maximum atomic E-state index is 12.5. The number of anilines is 1. The van der Waals surface area contributed by atoms with Crippen molar-refractivity contribution in [3.05, 3.63) is 60.2 Å². The second-order valence-electron chi connectivity index (χ2n) is 5.63. The zero-order valence-electron chi connectivity index (χ0n) is 13.4. The Hall–Kier alpha value is -2.49. The summed E-state index contributed by atoms with van der Waals surface area (Å²) in [6, 6.07) is 17.5. The lowest BCUT2D eigenvalue weighted by Gasteiger charge is -2.25. The molecule has 1 heterocycles. The number of cyclic esters (lactones) is 1. The molecule has 1 saturated heterocycles. The summed E-state index contributed by atoms with van der Waals surface area (Å²) in [5.41, 5.74) is 1.91. The van der Waals surface area contributed by atoms with Crippen molar-refractivity contribution in [3.63, 3.8) is 0 Å². The number of methoxy groups -OCH3 is 1. The normalized spacial score (nSPS) is 20.4. The first-order valence-corrected chi connectivity index (χ1v) is 7.93. The van der Waals surface area contributed by atoms with Crippen LogP contribution in [0.3, 0.4) is 0 Å². The fourth-order valence-electron chi connectivity index (χ4n) is 3.05. The summed E-state index contributed by atoms with van der Waals surface area (Å²) >= 11 is 0. The molecule has 0 spiro atoms. The van der Waals surface area contributed by atoms with Crippen LogP contribution >= 0.6 is 0 Å². The lowest BCUT2D eigenvalue weighted by atomic mass is 9.97. The Morgan fingerprint density at radius 1 is 1.09 bits per heavy atom. The van der Waals surface area contributed by atoms with Gasteiger partial charge < -0.3 is 9.47 Å². The molecule has 1 fully saturated rings. The van der Waals surface area contributed by atoms with E-state index >= 15 is 0 Å².